The number of rotatable bonds is 4. The normalized spacial score (nSPS) is 24.5. The molecule has 0 N–H and O–H groups in total. The molecule has 2 aliphatic rings. The molecule has 3 rings (SSSR count). The molecule has 1 spiro atoms. The fraction of sp³-hybridized carbons (Fsp3) is 0.611. The Kier molecular flexibility index (Phi) is 5.43. The monoisotopic (exact) mass is 347 g/mol. The lowest BCUT2D eigenvalue weighted by atomic mass is 9.79. The third-order valence-corrected chi connectivity index (χ3v) is 5.82. The Morgan fingerprint density at radius 2 is 1.96 bits per heavy atom. The minimum absolute atomic E-state index is 0.207. The largest absolute Gasteiger partial charge is 0.342 e. The van der Waals surface area contributed by atoms with Crippen LogP contribution < -0.4 is 0 Å². The van der Waals surface area contributed by atoms with Crippen LogP contribution in [0.5, 0.6) is 0 Å². The molecule has 2 amide bonds. The summed E-state index contributed by atoms with van der Waals surface area (Å²) < 4.78 is 0. The standard InChI is InChI=1S/C18H25N3O2S/c1-24-14-16(22)20-10-2-5-18(6-11-20)7-12-21(17(18)23)13-15-3-8-19-9-4-15/h3-4,8-9H,2,5-7,10-14H2,1H3/t18-/m0/s1. The van der Waals surface area contributed by atoms with Crippen LogP contribution in [0.15, 0.2) is 24.5 Å². The lowest BCUT2D eigenvalue weighted by Gasteiger charge is -2.27. The zero-order valence-corrected chi connectivity index (χ0v) is 15.1. The van der Waals surface area contributed by atoms with E-state index in [2.05, 4.69) is 4.98 Å². The summed E-state index contributed by atoms with van der Waals surface area (Å²) in [5.41, 5.74) is 0.877. The van der Waals surface area contributed by atoms with Crippen molar-refractivity contribution < 1.29 is 9.59 Å². The molecule has 24 heavy (non-hydrogen) atoms. The summed E-state index contributed by atoms with van der Waals surface area (Å²) in [7, 11) is 0. The van der Waals surface area contributed by atoms with Gasteiger partial charge in [-0.05, 0) is 49.6 Å². The van der Waals surface area contributed by atoms with Gasteiger partial charge in [-0.1, -0.05) is 0 Å². The number of hydrogen-bond donors (Lipinski definition) is 0. The van der Waals surface area contributed by atoms with Gasteiger partial charge in [0, 0.05) is 38.6 Å². The average Bonchev–Trinajstić information content (AvgIpc) is 2.77. The van der Waals surface area contributed by atoms with Crippen LogP contribution in [0.2, 0.25) is 0 Å². The van der Waals surface area contributed by atoms with Gasteiger partial charge in [0.1, 0.15) is 0 Å². The summed E-state index contributed by atoms with van der Waals surface area (Å²) >= 11 is 1.56. The van der Waals surface area contributed by atoms with Crippen molar-refractivity contribution in [2.75, 3.05) is 31.6 Å². The second kappa shape index (κ2) is 7.55. The lowest BCUT2D eigenvalue weighted by Crippen LogP contribution is -2.37. The van der Waals surface area contributed by atoms with Crippen molar-refractivity contribution >= 4 is 23.6 Å². The fourth-order valence-corrected chi connectivity index (χ4v) is 4.30. The summed E-state index contributed by atoms with van der Waals surface area (Å²) in [5, 5.41) is 0. The molecular formula is C18H25N3O2S. The van der Waals surface area contributed by atoms with E-state index in [0.29, 0.717) is 18.8 Å². The van der Waals surface area contributed by atoms with Gasteiger partial charge in [0.15, 0.2) is 0 Å². The molecule has 2 aliphatic heterocycles. The maximum atomic E-state index is 13.0. The lowest BCUT2D eigenvalue weighted by molar-refractivity contribution is -0.137. The first kappa shape index (κ1) is 17.3. The number of carbonyl (C=O) groups excluding carboxylic acids is 2. The predicted octanol–water partition coefficient (Wildman–Crippen LogP) is 2.18. The topological polar surface area (TPSA) is 53.5 Å². The van der Waals surface area contributed by atoms with Gasteiger partial charge in [-0.3, -0.25) is 14.6 Å². The highest BCUT2D eigenvalue weighted by Crippen LogP contribution is 2.42. The Hall–Kier alpha value is -1.56. The number of amides is 2. The van der Waals surface area contributed by atoms with E-state index in [1.54, 1.807) is 24.2 Å². The second-order valence-corrected chi connectivity index (χ2v) is 7.65. The molecule has 0 aromatic carbocycles. The highest BCUT2D eigenvalue weighted by molar-refractivity contribution is 7.99. The maximum absolute atomic E-state index is 13.0. The predicted molar refractivity (Wildman–Crippen MR) is 95.5 cm³/mol. The van der Waals surface area contributed by atoms with Gasteiger partial charge >= 0.3 is 0 Å². The zero-order valence-electron chi connectivity index (χ0n) is 14.2. The van der Waals surface area contributed by atoms with Crippen LogP contribution >= 0.6 is 11.8 Å². The van der Waals surface area contributed by atoms with Crippen LogP contribution in [-0.2, 0) is 16.1 Å². The van der Waals surface area contributed by atoms with Gasteiger partial charge in [-0.15, -0.1) is 0 Å². The minimum Gasteiger partial charge on any atom is -0.342 e. The van der Waals surface area contributed by atoms with E-state index >= 15 is 0 Å². The summed E-state index contributed by atoms with van der Waals surface area (Å²) in [4.78, 5) is 33.2. The van der Waals surface area contributed by atoms with Gasteiger partial charge in [-0.25, -0.2) is 0 Å². The first-order valence-corrected chi connectivity index (χ1v) is 9.99. The fourth-order valence-electron chi connectivity index (χ4n) is 3.87. The van der Waals surface area contributed by atoms with Crippen LogP contribution in [0.25, 0.3) is 0 Å². The number of thioether (sulfide) groups is 1. The summed E-state index contributed by atoms with van der Waals surface area (Å²) in [6, 6.07) is 3.93. The van der Waals surface area contributed by atoms with E-state index in [-0.39, 0.29) is 17.2 Å². The number of likely N-dealkylation sites (tertiary alicyclic amines) is 2. The molecule has 1 aromatic heterocycles. The second-order valence-electron chi connectivity index (χ2n) is 6.78. The highest BCUT2D eigenvalue weighted by Gasteiger charge is 2.47. The van der Waals surface area contributed by atoms with Crippen LogP contribution in [-0.4, -0.2) is 58.2 Å². The smallest absolute Gasteiger partial charge is 0.232 e. The summed E-state index contributed by atoms with van der Waals surface area (Å²) in [6.07, 6.45) is 9.05. The van der Waals surface area contributed by atoms with E-state index in [0.717, 1.165) is 44.3 Å². The van der Waals surface area contributed by atoms with Crippen LogP contribution in [0, 0.1) is 5.41 Å². The summed E-state index contributed by atoms with van der Waals surface area (Å²) in [6.45, 7) is 2.99. The summed E-state index contributed by atoms with van der Waals surface area (Å²) in [5.74, 6) is 1.02. The van der Waals surface area contributed by atoms with Crippen LogP contribution in [0.4, 0.5) is 0 Å². The third-order valence-electron chi connectivity index (χ3n) is 5.29. The Morgan fingerprint density at radius 3 is 2.71 bits per heavy atom. The minimum atomic E-state index is -0.249. The van der Waals surface area contributed by atoms with E-state index < -0.39 is 0 Å². The molecule has 0 aliphatic carbocycles. The van der Waals surface area contributed by atoms with Crippen molar-refractivity contribution in [3.8, 4) is 0 Å². The molecule has 5 nitrogen and oxygen atoms in total. The Balaban J connectivity index is 1.64. The van der Waals surface area contributed by atoms with Crippen molar-refractivity contribution in [1.82, 2.24) is 14.8 Å². The van der Waals surface area contributed by atoms with Crippen molar-refractivity contribution in [2.24, 2.45) is 5.41 Å². The van der Waals surface area contributed by atoms with Gasteiger partial charge in [-0.2, -0.15) is 11.8 Å². The number of aromatic nitrogens is 1. The van der Waals surface area contributed by atoms with E-state index in [1.807, 2.05) is 28.2 Å². The SMILES string of the molecule is CSCC(=O)N1CCC[C@]2(CC1)CCN(Cc1ccncc1)C2=O. The molecule has 2 fully saturated rings. The van der Waals surface area contributed by atoms with Crippen molar-refractivity contribution in [3.63, 3.8) is 0 Å². The van der Waals surface area contributed by atoms with E-state index in [9.17, 15) is 9.59 Å². The number of nitrogens with zero attached hydrogens (tertiary/aromatic N) is 3. The zero-order chi connectivity index (χ0) is 17.0. The molecule has 3 heterocycles. The molecule has 2 saturated heterocycles. The van der Waals surface area contributed by atoms with Gasteiger partial charge in [0.25, 0.3) is 0 Å². The first-order chi connectivity index (χ1) is 11.6. The van der Waals surface area contributed by atoms with Crippen molar-refractivity contribution in [1.29, 1.82) is 0 Å². The Bertz CT molecular complexity index is 595. The van der Waals surface area contributed by atoms with E-state index in [1.165, 1.54) is 0 Å². The highest BCUT2D eigenvalue weighted by atomic mass is 32.2. The van der Waals surface area contributed by atoms with Crippen LogP contribution in [0.3, 0.4) is 0 Å². The van der Waals surface area contributed by atoms with Gasteiger partial charge < -0.3 is 9.80 Å². The van der Waals surface area contributed by atoms with Crippen molar-refractivity contribution in [3.05, 3.63) is 30.1 Å². The molecular weight excluding hydrogens is 322 g/mol. The average molecular weight is 347 g/mol. The quantitative estimate of drug-likeness (QED) is 0.838. The number of pyridine rings is 1. The van der Waals surface area contributed by atoms with Crippen LogP contribution in [0.1, 0.15) is 31.2 Å². The molecule has 0 unspecified atom stereocenters. The Morgan fingerprint density at radius 1 is 1.21 bits per heavy atom. The van der Waals surface area contributed by atoms with E-state index in [4.69, 9.17) is 0 Å². The van der Waals surface area contributed by atoms with Crippen molar-refractivity contribution in [2.45, 2.75) is 32.2 Å². The number of carbonyl (C=O) groups is 2. The third kappa shape index (κ3) is 3.58. The molecule has 1 aromatic rings. The maximum Gasteiger partial charge on any atom is 0.232 e. The first-order valence-electron chi connectivity index (χ1n) is 8.60. The number of hydrogen-bond acceptors (Lipinski definition) is 4. The molecule has 6 heteroatoms. The van der Waals surface area contributed by atoms with Gasteiger partial charge in [0.2, 0.25) is 11.8 Å². The molecule has 130 valence electrons. The molecule has 0 radical (unpaired) electrons. The van der Waals surface area contributed by atoms with Gasteiger partial charge in [0.05, 0.1) is 11.2 Å². The molecule has 0 saturated carbocycles. The molecule has 0 bridgehead atoms. The molecule has 1 atom stereocenters. The Labute approximate surface area is 147 Å².